The molecule has 1 heterocycles. The quantitative estimate of drug-likeness (QED) is 0.779. The molecule has 4 atom stereocenters. The Morgan fingerprint density at radius 3 is 3.00 bits per heavy atom. The predicted octanol–water partition coefficient (Wildman–Crippen LogP) is 2.48. The zero-order valence-electron chi connectivity index (χ0n) is 16.0. The topological polar surface area (TPSA) is 76.7 Å². The molecule has 6 nitrogen and oxygen atoms in total. The van der Waals surface area contributed by atoms with Crippen molar-refractivity contribution < 1.29 is 19.1 Å². The van der Waals surface area contributed by atoms with Gasteiger partial charge in [-0.25, -0.2) is 0 Å². The fraction of sp³-hybridized carbons (Fsp3) is 0.619. The van der Waals surface area contributed by atoms with E-state index in [1.54, 1.807) is 13.2 Å². The third-order valence-electron chi connectivity index (χ3n) is 6.64. The van der Waals surface area contributed by atoms with Crippen LogP contribution in [0.15, 0.2) is 24.3 Å². The molecule has 4 aliphatic rings. The number of amides is 2. The smallest absolute Gasteiger partial charge is 0.258 e. The average Bonchev–Trinajstić information content (AvgIpc) is 2.64. The van der Waals surface area contributed by atoms with E-state index < -0.39 is 5.72 Å². The molecule has 1 aromatic carbocycles. The highest BCUT2D eigenvalue weighted by atomic mass is 16.5. The van der Waals surface area contributed by atoms with Gasteiger partial charge in [-0.2, -0.15) is 0 Å². The van der Waals surface area contributed by atoms with Crippen LogP contribution in [0.25, 0.3) is 0 Å². The molecular formula is C21H28N2O4. The molecule has 0 unspecified atom stereocenters. The third-order valence-corrected chi connectivity index (χ3v) is 6.64. The van der Waals surface area contributed by atoms with Gasteiger partial charge in [-0.1, -0.05) is 19.1 Å². The number of rotatable bonds is 5. The number of benzene rings is 1. The minimum atomic E-state index is -0.689. The highest BCUT2D eigenvalue weighted by Gasteiger charge is 2.61. The first-order valence-corrected chi connectivity index (χ1v) is 9.85. The summed E-state index contributed by atoms with van der Waals surface area (Å²) >= 11 is 0. The van der Waals surface area contributed by atoms with E-state index in [0.29, 0.717) is 30.9 Å². The lowest BCUT2D eigenvalue weighted by Gasteiger charge is -2.59. The molecule has 2 bridgehead atoms. The van der Waals surface area contributed by atoms with Crippen LogP contribution < -0.4 is 15.4 Å². The minimum absolute atomic E-state index is 0.0397. The van der Waals surface area contributed by atoms with Crippen LogP contribution in [0.5, 0.6) is 5.75 Å². The first-order chi connectivity index (χ1) is 13.0. The highest BCUT2D eigenvalue weighted by Crippen LogP contribution is 2.58. The van der Waals surface area contributed by atoms with Crippen LogP contribution in [-0.4, -0.2) is 37.8 Å². The first kappa shape index (κ1) is 18.3. The number of nitrogens with one attached hydrogen (secondary N) is 2. The van der Waals surface area contributed by atoms with E-state index in [-0.39, 0.29) is 29.1 Å². The van der Waals surface area contributed by atoms with Crippen molar-refractivity contribution in [2.24, 2.45) is 17.3 Å². The van der Waals surface area contributed by atoms with Gasteiger partial charge in [-0.15, -0.1) is 0 Å². The summed E-state index contributed by atoms with van der Waals surface area (Å²) in [6.07, 6.45) is 4.17. The van der Waals surface area contributed by atoms with Crippen molar-refractivity contribution in [2.45, 2.75) is 44.8 Å². The minimum Gasteiger partial charge on any atom is -0.467 e. The number of hydrogen-bond donors (Lipinski definition) is 2. The molecule has 2 N–H and O–H groups in total. The van der Waals surface area contributed by atoms with E-state index in [2.05, 4.69) is 17.6 Å². The van der Waals surface area contributed by atoms with Gasteiger partial charge in [0.15, 0.2) is 5.72 Å². The molecule has 0 saturated heterocycles. The lowest BCUT2D eigenvalue weighted by Crippen LogP contribution is -2.69. The summed E-state index contributed by atoms with van der Waals surface area (Å²) in [7, 11) is 1.67. The fourth-order valence-corrected chi connectivity index (χ4v) is 5.21. The number of carbonyl (C=O) groups excluding carboxylic acids is 2. The maximum absolute atomic E-state index is 12.8. The summed E-state index contributed by atoms with van der Waals surface area (Å²) in [5, 5.41) is 6.22. The predicted molar refractivity (Wildman–Crippen MR) is 100 cm³/mol. The molecule has 27 heavy (non-hydrogen) atoms. The maximum Gasteiger partial charge on any atom is 0.258 e. The molecule has 3 aliphatic carbocycles. The van der Waals surface area contributed by atoms with Gasteiger partial charge in [-0.05, 0) is 43.2 Å². The standard InChI is InChI=1S/C21H28N2O4/c1-20-9-8-14(12-16(20)19(25)22-10-5-11-26-2)21(13-20)23-18(24)15-6-3-4-7-17(15)27-21/h3-4,6-7,14,16H,5,8-13H2,1-2H3,(H,22,25)(H,23,24)/t14-,16+,20+,21+/m1/s1. The van der Waals surface area contributed by atoms with Crippen LogP contribution in [0, 0.1) is 17.3 Å². The van der Waals surface area contributed by atoms with Crippen molar-refractivity contribution >= 4 is 11.8 Å². The zero-order chi connectivity index (χ0) is 19.1. The molecule has 1 spiro atoms. The lowest BCUT2D eigenvalue weighted by molar-refractivity contribution is -0.167. The maximum atomic E-state index is 12.8. The fourth-order valence-electron chi connectivity index (χ4n) is 5.21. The van der Waals surface area contributed by atoms with Gasteiger partial charge in [0.25, 0.3) is 5.91 Å². The van der Waals surface area contributed by atoms with Gasteiger partial charge in [0.1, 0.15) is 5.75 Å². The Hall–Kier alpha value is -2.08. The van der Waals surface area contributed by atoms with Crippen LogP contribution in [-0.2, 0) is 9.53 Å². The molecule has 5 rings (SSSR count). The number of fused-ring (bicyclic) bond motifs is 3. The molecule has 6 heteroatoms. The summed E-state index contributed by atoms with van der Waals surface area (Å²) in [6.45, 7) is 3.45. The molecule has 0 radical (unpaired) electrons. The third kappa shape index (κ3) is 3.10. The van der Waals surface area contributed by atoms with Crippen molar-refractivity contribution in [3.63, 3.8) is 0 Å². The summed E-state index contributed by atoms with van der Waals surface area (Å²) < 4.78 is 11.4. The molecule has 2 amide bonds. The summed E-state index contributed by atoms with van der Waals surface area (Å²) in [5.41, 5.74) is -0.285. The van der Waals surface area contributed by atoms with Gasteiger partial charge in [-0.3, -0.25) is 9.59 Å². The Balaban J connectivity index is 1.51. The second-order valence-electron chi connectivity index (χ2n) is 8.43. The Kier molecular flexibility index (Phi) is 4.62. The Morgan fingerprint density at radius 2 is 2.22 bits per heavy atom. The summed E-state index contributed by atoms with van der Waals surface area (Å²) in [6, 6.07) is 7.39. The Bertz CT molecular complexity index is 751. The SMILES string of the molecule is COCCCNC(=O)[C@@H]1C[C@H]2CC[C@@]1(C)C[C@@]21NC(=O)c2ccccc2O1. The molecule has 3 saturated carbocycles. The van der Waals surface area contributed by atoms with Crippen LogP contribution in [0.4, 0.5) is 0 Å². The van der Waals surface area contributed by atoms with Gasteiger partial charge < -0.3 is 20.1 Å². The Morgan fingerprint density at radius 1 is 1.41 bits per heavy atom. The molecule has 1 aliphatic heterocycles. The number of ether oxygens (including phenoxy) is 2. The average molecular weight is 372 g/mol. The summed E-state index contributed by atoms with van der Waals surface area (Å²) in [4.78, 5) is 25.5. The van der Waals surface area contributed by atoms with Crippen molar-refractivity contribution in [2.75, 3.05) is 20.3 Å². The zero-order valence-corrected chi connectivity index (χ0v) is 16.0. The van der Waals surface area contributed by atoms with E-state index in [1.807, 2.05) is 18.2 Å². The van der Waals surface area contributed by atoms with Crippen molar-refractivity contribution in [1.29, 1.82) is 0 Å². The molecule has 1 aromatic rings. The first-order valence-electron chi connectivity index (χ1n) is 9.85. The monoisotopic (exact) mass is 372 g/mol. The summed E-state index contributed by atoms with van der Waals surface area (Å²) in [5.74, 6) is 0.802. The largest absolute Gasteiger partial charge is 0.467 e. The van der Waals surface area contributed by atoms with Crippen LogP contribution in [0.3, 0.4) is 0 Å². The van der Waals surface area contributed by atoms with Crippen LogP contribution in [0.1, 0.15) is 49.4 Å². The molecule has 146 valence electrons. The van der Waals surface area contributed by atoms with Crippen molar-refractivity contribution in [3.05, 3.63) is 29.8 Å². The Labute approximate surface area is 160 Å². The second kappa shape index (κ2) is 6.82. The van der Waals surface area contributed by atoms with Gasteiger partial charge >= 0.3 is 0 Å². The highest BCUT2D eigenvalue weighted by molar-refractivity contribution is 5.98. The van der Waals surface area contributed by atoms with E-state index in [9.17, 15) is 9.59 Å². The van der Waals surface area contributed by atoms with E-state index in [4.69, 9.17) is 9.47 Å². The van der Waals surface area contributed by atoms with E-state index in [0.717, 1.165) is 25.7 Å². The van der Waals surface area contributed by atoms with Crippen molar-refractivity contribution in [3.8, 4) is 5.75 Å². The molecule has 3 fully saturated rings. The molecule has 0 aromatic heterocycles. The molecular weight excluding hydrogens is 344 g/mol. The second-order valence-corrected chi connectivity index (χ2v) is 8.43. The van der Waals surface area contributed by atoms with E-state index >= 15 is 0 Å². The number of hydrogen-bond acceptors (Lipinski definition) is 4. The van der Waals surface area contributed by atoms with Gasteiger partial charge in [0, 0.05) is 38.5 Å². The van der Waals surface area contributed by atoms with Gasteiger partial charge in [0.2, 0.25) is 5.91 Å². The normalized spacial score (nSPS) is 33.9. The lowest BCUT2D eigenvalue weighted by atomic mass is 9.52. The van der Waals surface area contributed by atoms with Crippen LogP contribution >= 0.6 is 0 Å². The van der Waals surface area contributed by atoms with Crippen molar-refractivity contribution in [1.82, 2.24) is 10.6 Å². The van der Waals surface area contributed by atoms with Gasteiger partial charge in [0.05, 0.1) is 5.56 Å². The van der Waals surface area contributed by atoms with E-state index in [1.165, 1.54) is 0 Å². The number of para-hydroxylation sites is 1. The number of methoxy groups -OCH3 is 1. The van der Waals surface area contributed by atoms with Crippen LogP contribution in [0.2, 0.25) is 0 Å². The number of carbonyl (C=O) groups is 2.